The summed E-state index contributed by atoms with van der Waals surface area (Å²) in [5.41, 5.74) is 7.86. The maximum absolute atomic E-state index is 5.93. The van der Waals surface area contributed by atoms with Crippen LogP contribution in [0.25, 0.3) is 11.0 Å². The third-order valence-electron chi connectivity index (χ3n) is 3.42. The molecule has 4 nitrogen and oxygen atoms in total. The highest BCUT2D eigenvalue weighted by Gasteiger charge is 2.13. The molecule has 2 N–H and O–H groups in total. The monoisotopic (exact) mass is 255 g/mol. The number of aryl methyl sites for hydroxylation is 1. The molecule has 2 aromatic heterocycles. The lowest BCUT2D eigenvalue weighted by Crippen LogP contribution is -2.06. The highest BCUT2D eigenvalue weighted by Crippen LogP contribution is 2.26. The zero-order chi connectivity index (χ0) is 13.2. The number of nitrogens with zero attached hydrogens (tertiary/aromatic N) is 2. The Labute approximate surface area is 111 Å². The van der Waals surface area contributed by atoms with Crippen molar-refractivity contribution in [2.45, 2.75) is 26.4 Å². The molecular formula is C15H17N3O. The van der Waals surface area contributed by atoms with Crippen molar-refractivity contribution in [1.82, 2.24) is 9.55 Å². The number of para-hydroxylation sites is 1. The minimum Gasteiger partial charge on any atom is -0.459 e. The number of fused-ring (bicyclic) bond motifs is 1. The van der Waals surface area contributed by atoms with Crippen molar-refractivity contribution in [3.8, 4) is 0 Å². The molecule has 0 aliphatic heterocycles. The number of hydrogen-bond acceptors (Lipinski definition) is 3. The summed E-state index contributed by atoms with van der Waals surface area (Å²) in [7, 11) is 0. The Balaban J connectivity index is 2.05. The van der Waals surface area contributed by atoms with Crippen LogP contribution in [0.15, 0.2) is 41.1 Å². The molecule has 98 valence electrons. The van der Waals surface area contributed by atoms with Crippen molar-refractivity contribution in [1.29, 1.82) is 0 Å². The Kier molecular flexibility index (Phi) is 3.09. The first-order valence-electron chi connectivity index (χ1n) is 6.52. The van der Waals surface area contributed by atoms with Gasteiger partial charge in [-0.3, -0.25) is 0 Å². The van der Waals surface area contributed by atoms with E-state index in [9.17, 15) is 0 Å². The summed E-state index contributed by atoms with van der Waals surface area (Å²) in [6.45, 7) is 3.27. The number of aromatic nitrogens is 2. The van der Waals surface area contributed by atoms with E-state index in [1.54, 1.807) is 0 Å². The molecule has 3 aromatic rings. The first-order valence-corrected chi connectivity index (χ1v) is 6.52. The van der Waals surface area contributed by atoms with Gasteiger partial charge in [0.1, 0.15) is 17.2 Å². The Bertz CT molecular complexity index is 696. The quantitative estimate of drug-likeness (QED) is 0.779. The number of imidazole rings is 1. The fourth-order valence-corrected chi connectivity index (χ4v) is 2.45. The second-order valence-electron chi connectivity index (χ2n) is 4.53. The van der Waals surface area contributed by atoms with E-state index in [0.717, 1.165) is 34.5 Å². The van der Waals surface area contributed by atoms with Crippen LogP contribution in [0.2, 0.25) is 0 Å². The van der Waals surface area contributed by atoms with Crippen LogP contribution < -0.4 is 5.73 Å². The van der Waals surface area contributed by atoms with Gasteiger partial charge >= 0.3 is 0 Å². The second-order valence-corrected chi connectivity index (χ2v) is 4.53. The average molecular weight is 255 g/mol. The van der Waals surface area contributed by atoms with Crippen molar-refractivity contribution >= 4 is 11.0 Å². The Morgan fingerprint density at radius 3 is 2.95 bits per heavy atom. The van der Waals surface area contributed by atoms with E-state index in [2.05, 4.69) is 22.5 Å². The van der Waals surface area contributed by atoms with Crippen molar-refractivity contribution in [2.75, 3.05) is 0 Å². The van der Waals surface area contributed by atoms with Gasteiger partial charge in [-0.05, 0) is 6.07 Å². The lowest BCUT2D eigenvalue weighted by Gasteiger charge is -2.05. The number of nitrogens with two attached hydrogens (primary N) is 1. The number of hydrogen-bond donors (Lipinski definition) is 1. The van der Waals surface area contributed by atoms with Gasteiger partial charge in [-0.25, -0.2) is 4.98 Å². The largest absolute Gasteiger partial charge is 0.459 e. The van der Waals surface area contributed by atoms with Gasteiger partial charge in [0, 0.05) is 36.3 Å². The molecule has 1 aromatic carbocycles. The van der Waals surface area contributed by atoms with Gasteiger partial charge in [0.15, 0.2) is 0 Å². The molecule has 19 heavy (non-hydrogen) atoms. The van der Waals surface area contributed by atoms with Crippen LogP contribution >= 0.6 is 0 Å². The van der Waals surface area contributed by atoms with Gasteiger partial charge in [-0.15, -0.1) is 0 Å². The number of benzene rings is 1. The summed E-state index contributed by atoms with van der Waals surface area (Å²) in [5, 5.41) is 1.11. The highest BCUT2D eigenvalue weighted by atomic mass is 16.3. The zero-order valence-corrected chi connectivity index (χ0v) is 11.0. The molecule has 0 atom stereocenters. The van der Waals surface area contributed by atoms with Crippen molar-refractivity contribution in [3.63, 3.8) is 0 Å². The molecule has 0 aliphatic rings. The second kappa shape index (κ2) is 4.90. The van der Waals surface area contributed by atoms with Crippen molar-refractivity contribution in [2.24, 2.45) is 5.73 Å². The molecule has 0 saturated heterocycles. The molecule has 4 heteroatoms. The van der Waals surface area contributed by atoms with E-state index >= 15 is 0 Å². The van der Waals surface area contributed by atoms with Crippen LogP contribution in [0, 0.1) is 0 Å². The van der Waals surface area contributed by atoms with Crippen LogP contribution in [0.4, 0.5) is 0 Å². The van der Waals surface area contributed by atoms with Gasteiger partial charge in [-0.1, -0.05) is 25.1 Å². The van der Waals surface area contributed by atoms with Gasteiger partial charge in [-0.2, -0.15) is 0 Å². The zero-order valence-electron chi connectivity index (χ0n) is 11.0. The normalized spacial score (nSPS) is 11.3. The third-order valence-corrected chi connectivity index (χ3v) is 3.42. The number of rotatable bonds is 4. The first-order chi connectivity index (χ1) is 9.33. The lowest BCUT2D eigenvalue weighted by molar-refractivity contribution is 0.515. The van der Waals surface area contributed by atoms with Gasteiger partial charge in [0.2, 0.25) is 0 Å². The SMILES string of the molecule is CCc1nccn1Cc1oc2ccccc2c1CN. The van der Waals surface area contributed by atoms with Crippen LogP contribution in [0.3, 0.4) is 0 Å². The molecular weight excluding hydrogens is 238 g/mol. The topological polar surface area (TPSA) is 57.0 Å². The van der Waals surface area contributed by atoms with Crippen LogP contribution in [0.5, 0.6) is 0 Å². The smallest absolute Gasteiger partial charge is 0.134 e. The summed E-state index contributed by atoms with van der Waals surface area (Å²) < 4.78 is 8.04. The molecule has 3 rings (SSSR count). The Morgan fingerprint density at radius 1 is 1.32 bits per heavy atom. The lowest BCUT2D eigenvalue weighted by atomic mass is 10.1. The fraction of sp³-hybridized carbons (Fsp3) is 0.267. The molecule has 0 amide bonds. The summed E-state index contributed by atoms with van der Waals surface area (Å²) in [6, 6.07) is 8.02. The Morgan fingerprint density at radius 2 is 2.16 bits per heavy atom. The predicted molar refractivity (Wildman–Crippen MR) is 74.8 cm³/mol. The Hall–Kier alpha value is -2.07. The number of furan rings is 1. The van der Waals surface area contributed by atoms with Gasteiger partial charge in [0.25, 0.3) is 0 Å². The highest BCUT2D eigenvalue weighted by molar-refractivity contribution is 5.82. The van der Waals surface area contributed by atoms with E-state index in [4.69, 9.17) is 10.2 Å². The molecule has 0 aliphatic carbocycles. The third kappa shape index (κ3) is 2.04. The summed E-state index contributed by atoms with van der Waals surface area (Å²) in [5.74, 6) is 1.99. The van der Waals surface area contributed by atoms with E-state index in [1.807, 2.05) is 30.6 Å². The molecule has 0 saturated carbocycles. The fourth-order valence-electron chi connectivity index (χ4n) is 2.45. The molecule has 2 heterocycles. The maximum Gasteiger partial charge on any atom is 0.134 e. The first kappa shape index (κ1) is 12.0. The van der Waals surface area contributed by atoms with Crippen molar-refractivity contribution in [3.05, 3.63) is 53.8 Å². The van der Waals surface area contributed by atoms with E-state index in [-0.39, 0.29) is 0 Å². The van der Waals surface area contributed by atoms with Crippen LogP contribution in [-0.2, 0) is 19.5 Å². The summed E-state index contributed by atoms with van der Waals surface area (Å²) in [4.78, 5) is 4.33. The minimum atomic E-state index is 0.489. The molecule has 0 fully saturated rings. The predicted octanol–water partition coefficient (Wildman–Crippen LogP) is 2.70. The van der Waals surface area contributed by atoms with E-state index in [1.165, 1.54) is 0 Å². The standard InChI is InChI=1S/C15H17N3O/c1-2-15-17-7-8-18(15)10-14-12(9-16)11-5-3-4-6-13(11)19-14/h3-8H,2,9-10,16H2,1H3. The molecule has 0 radical (unpaired) electrons. The minimum absolute atomic E-state index is 0.489. The van der Waals surface area contributed by atoms with E-state index in [0.29, 0.717) is 13.1 Å². The van der Waals surface area contributed by atoms with Gasteiger partial charge in [0.05, 0.1) is 6.54 Å². The van der Waals surface area contributed by atoms with Crippen LogP contribution in [0.1, 0.15) is 24.1 Å². The van der Waals surface area contributed by atoms with Crippen LogP contribution in [-0.4, -0.2) is 9.55 Å². The van der Waals surface area contributed by atoms with Gasteiger partial charge < -0.3 is 14.7 Å². The average Bonchev–Trinajstić information content (AvgIpc) is 3.02. The molecule has 0 unspecified atom stereocenters. The molecule has 0 spiro atoms. The summed E-state index contributed by atoms with van der Waals surface area (Å²) >= 11 is 0. The molecule has 0 bridgehead atoms. The van der Waals surface area contributed by atoms with Crippen molar-refractivity contribution < 1.29 is 4.42 Å². The van der Waals surface area contributed by atoms with E-state index < -0.39 is 0 Å². The summed E-state index contributed by atoms with van der Waals surface area (Å²) in [6.07, 6.45) is 4.71. The maximum atomic E-state index is 5.93.